The first-order chi connectivity index (χ1) is 11.5. The van der Waals surface area contributed by atoms with Gasteiger partial charge in [-0.15, -0.1) is 0 Å². The van der Waals surface area contributed by atoms with E-state index < -0.39 is 10.5 Å². The van der Waals surface area contributed by atoms with E-state index in [0.29, 0.717) is 16.7 Å². The van der Waals surface area contributed by atoms with Crippen molar-refractivity contribution in [2.45, 2.75) is 6.92 Å². The van der Waals surface area contributed by atoms with Gasteiger partial charge in [0.1, 0.15) is 5.65 Å². The van der Waals surface area contributed by atoms with Gasteiger partial charge in [-0.1, -0.05) is 12.1 Å². The van der Waals surface area contributed by atoms with Crippen LogP contribution in [-0.2, 0) is 0 Å². The second kappa shape index (κ2) is 5.02. The van der Waals surface area contributed by atoms with Crippen molar-refractivity contribution in [2.24, 2.45) is 0 Å². The number of imidazole rings is 1. The minimum atomic E-state index is -0.656. The molecule has 0 atom stereocenters. The number of aromatic nitrogens is 2. The van der Waals surface area contributed by atoms with Crippen molar-refractivity contribution in [2.75, 3.05) is 0 Å². The summed E-state index contributed by atoms with van der Waals surface area (Å²) in [5.41, 5.74) is 1.58. The fourth-order valence-electron chi connectivity index (χ4n) is 2.66. The molecular formula is C17H11N3O4. The van der Waals surface area contributed by atoms with E-state index in [1.807, 2.05) is 25.3 Å². The van der Waals surface area contributed by atoms with Gasteiger partial charge in [0.05, 0.1) is 16.2 Å². The average Bonchev–Trinajstić information content (AvgIpc) is 2.96. The zero-order valence-corrected chi connectivity index (χ0v) is 12.6. The zero-order chi connectivity index (χ0) is 16.8. The van der Waals surface area contributed by atoms with Gasteiger partial charge >= 0.3 is 11.3 Å². The predicted molar refractivity (Wildman–Crippen MR) is 88.1 cm³/mol. The molecule has 3 heterocycles. The van der Waals surface area contributed by atoms with E-state index in [9.17, 15) is 14.9 Å². The van der Waals surface area contributed by atoms with Crippen molar-refractivity contribution in [3.05, 3.63) is 74.9 Å². The third kappa shape index (κ3) is 2.14. The van der Waals surface area contributed by atoms with Crippen LogP contribution in [0.2, 0.25) is 0 Å². The monoisotopic (exact) mass is 321 g/mol. The lowest BCUT2D eigenvalue weighted by molar-refractivity contribution is -0.383. The topological polar surface area (TPSA) is 90.6 Å². The molecule has 0 aliphatic heterocycles. The minimum absolute atomic E-state index is 0.0316. The van der Waals surface area contributed by atoms with Crippen LogP contribution >= 0.6 is 0 Å². The van der Waals surface area contributed by atoms with Crippen molar-refractivity contribution in [3.8, 4) is 11.3 Å². The molecule has 0 N–H and O–H groups in total. The molecule has 0 radical (unpaired) electrons. The molecule has 4 aromatic rings. The number of nitro groups is 1. The van der Waals surface area contributed by atoms with Crippen molar-refractivity contribution in [1.29, 1.82) is 0 Å². The number of non-ortho nitro benzene ring substituents is 1. The van der Waals surface area contributed by atoms with E-state index in [4.69, 9.17) is 4.42 Å². The number of hydrogen-bond acceptors (Lipinski definition) is 5. The van der Waals surface area contributed by atoms with Crippen molar-refractivity contribution in [3.63, 3.8) is 0 Å². The van der Waals surface area contributed by atoms with Crippen LogP contribution in [0, 0.1) is 17.0 Å². The van der Waals surface area contributed by atoms with Crippen molar-refractivity contribution in [1.82, 2.24) is 9.38 Å². The van der Waals surface area contributed by atoms with Crippen LogP contribution in [0.1, 0.15) is 5.56 Å². The molecule has 0 saturated carbocycles. The van der Waals surface area contributed by atoms with Crippen LogP contribution in [0.25, 0.3) is 27.9 Å². The largest absolute Gasteiger partial charge is 0.415 e. The Bertz CT molecular complexity index is 1170. The van der Waals surface area contributed by atoms with Gasteiger partial charge in [-0.25, -0.2) is 9.78 Å². The molecule has 4 rings (SSSR count). The lowest BCUT2D eigenvalue weighted by atomic mass is 10.1. The summed E-state index contributed by atoms with van der Waals surface area (Å²) in [7, 11) is 0. The molecule has 0 aliphatic carbocycles. The van der Waals surface area contributed by atoms with Gasteiger partial charge in [0.2, 0.25) is 5.58 Å². The Morgan fingerprint density at radius 1 is 1.25 bits per heavy atom. The summed E-state index contributed by atoms with van der Waals surface area (Å²) in [5, 5.41) is 11.5. The van der Waals surface area contributed by atoms with Crippen LogP contribution in [0.4, 0.5) is 5.69 Å². The first-order valence-corrected chi connectivity index (χ1v) is 7.20. The molecule has 7 nitrogen and oxygen atoms in total. The number of rotatable bonds is 2. The Labute approximate surface area is 134 Å². The van der Waals surface area contributed by atoms with Crippen molar-refractivity contribution < 1.29 is 9.34 Å². The number of para-hydroxylation sites is 1. The smallest absolute Gasteiger partial charge is 0.346 e. The molecule has 0 saturated heterocycles. The quantitative estimate of drug-likeness (QED) is 0.321. The highest BCUT2D eigenvalue weighted by atomic mass is 16.6. The highest BCUT2D eigenvalue weighted by molar-refractivity contribution is 5.87. The highest BCUT2D eigenvalue weighted by Gasteiger charge is 2.18. The first kappa shape index (κ1) is 14.1. The van der Waals surface area contributed by atoms with Crippen LogP contribution in [-0.4, -0.2) is 14.3 Å². The third-order valence-corrected chi connectivity index (χ3v) is 3.83. The molecule has 7 heteroatoms. The molecular weight excluding hydrogens is 310 g/mol. The maximum absolute atomic E-state index is 12.3. The molecule has 0 unspecified atom stereocenters. The van der Waals surface area contributed by atoms with E-state index in [0.717, 1.165) is 5.56 Å². The van der Waals surface area contributed by atoms with E-state index in [1.165, 1.54) is 6.07 Å². The maximum atomic E-state index is 12.3. The van der Waals surface area contributed by atoms with Gasteiger partial charge in [0.15, 0.2) is 0 Å². The molecule has 0 amide bonds. The first-order valence-electron chi connectivity index (χ1n) is 7.20. The second-order valence-corrected chi connectivity index (χ2v) is 5.50. The summed E-state index contributed by atoms with van der Waals surface area (Å²) in [4.78, 5) is 27.2. The number of pyridine rings is 1. The highest BCUT2D eigenvalue weighted by Crippen LogP contribution is 2.27. The molecule has 3 aromatic heterocycles. The van der Waals surface area contributed by atoms with Crippen molar-refractivity contribution >= 4 is 22.3 Å². The molecule has 0 aliphatic rings. The fraction of sp³-hybridized carbons (Fsp3) is 0.0588. The Hall–Kier alpha value is -3.48. The molecule has 1 aromatic carbocycles. The lowest BCUT2D eigenvalue weighted by Crippen LogP contribution is -2.04. The number of nitrogens with zero attached hydrogens (tertiary/aromatic N) is 3. The number of hydrogen-bond donors (Lipinski definition) is 0. The number of aryl methyl sites for hydroxylation is 1. The molecule has 0 bridgehead atoms. The second-order valence-electron chi connectivity index (χ2n) is 5.50. The number of nitro benzene ring substituents is 1. The Kier molecular flexibility index (Phi) is 2.96. The van der Waals surface area contributed by atoms with Gasteiger partial charge in [0, 0.05) is 23.8 Å². The minimum Gasteiger partial charge on any atom is -0.415 e. The summed E-state index contributed by atoms with van der Waals surface area (Å²) in [6, 6.07) is 9.93. The molecule has 0 fully saturated rings. The average molecular weight is 321 g/mol. The summed E-state index contributed by atoms with van der Waals surface area (Å²) < 4.78 is 7.02. The van der Waals surface area contributed by atoms with Gasteiger partial charge in [-0.05, 0) is 30.7 Å². The maximum Gasteiger partial charge on any atom is 0.346 e. The normalized spacial score (nSPS) is 11.2. The number of fused-ring (bicyclic) bond motifs is 2. The van der Waals surface area contributed by atoms with Crippen LogP contribution in [0.3, 0.4) is 0 Å². The van der Waals surface area contributed by atoms with E-state index in [2.05, 4.69) is 4.98 Å². The number of benzene rings is 1. The van der Waals surface area contributed by atoms with Crippen LogP contribution in [0.15, 0.2) is 58.0 Å². The third-order valence-electron chi connectivity index (χ3n) is 3.83. The van der Waals surface area contributed by atoms with Crippen LogP contribution < -0.4 is 5.63 Å². The fourth-order valence-corrected chi connectivity index (χ4v) is 2.66. The zero-order valence-electron chi connectivity index (χ0n) is 12.6. The van der Waals surface area contributed by atoms with E-state index in [-0.39, 0.29) is 16.8 Å². The van der Waals surface area contributed by atoms with E-state index >= 15 is 0 Å². The standard InChI is InChI=1S/C17H11N3O4/c1-10-5-6-19-9-13(18-15(19)7-10)12-8-11-3-2-4-14(20(22)23)16(11)24-17(12)21/h2-9H,1H3. The molecule has 0 spiro atoms. The van der Waals surface area contributed by atoms with E-state index in [1.54, 1.807) is 28.8 Å². The van der Waals surface area contributed by atoms with Gasteiger partial charge < -0.3 is 8.82 Å². The van der Waals surface area contributed by atoms with Crippen LogP contribution in [0.5, 0.6) is 0 Å². The Balaban J connectivity index is 1.97. The molecule has 24 heavy (non-hydrogen) atoms. The summed E-state index contributed by atoms with van der Waals surface area (Å²) in [6.45, 7) is 1.96. The molecule has 118 valence electrons. The summed E-state index contributed by atoms with van der Waals surface area (Å²) in [6.07, 6.45) is 3.58. The van der Waals surface area contributed by atoms with Gasteiger partial charge in [0.25, 0.3) is 0 Å². The summed E-state index contributed by atoms with van der Waals surface area (Å²) >= 11 is 0. The van der Waals surface area contributed by atoms with Gasteiger partial charge in [-0.2, -0.15) is 0 Å². The SMILES string of the molecule is Cc1ccn2cc(-c3cc4cccc([N+](=O)[O-])c4oc3=O)nc2c1. The Morgan fingerprint density at radius 2 is 2.08 bits per heavy atom. The van der Waals surface area contributed by atoms with Gasteiger partial charge in [-0.3, -0.25) is 10.1 Å². The Morgan fingerprint density at radius 3 is 2.88 bits per heavy atom. The lowest BCUT2D eigenvalue weighted by Gasteiger charge is -2.00. The predicted octanol–water partition coefficient (Wildman–Crippen LogP) is 3.32. The summed E-state index contributed by atoms with van der Waals surface area (Å²) in [5.74, 6) is 0.